The molecule has 0 saturated carbocycles. The Kier molecular flexibility index (Phi) is 3.31. The van der Waals surface area contributed by atoms with Gasteiger partial charge in [-0.15, -0.1) is 0 Å². The Bertz CT molecular complexity index is 732. The van der Waals surface area contributed by atoms with Gasteiger partial charge in [0.1, 0.15) is 12.2 Å². The summed E-state index contributed by atoms with van der Waals surface area (Å²) in [5.74, 6) is 1.58. The predicted molar refractivity (Wildman–Crippen MR) is 79.1 cm³/mol. The first-order valence-corrected chi connectivity index (χ1v) is 6.23. The number of rotatable bonds is 4. The van der Waals surface area contributed by atoms with E-state index in [2.05, 4.69) is 20.0 Å². The lowest BCUT2D eigenvalue weighted by molar-refractivity contribution is -0.111. The minimum atomic E-state index is -0.409. The molecule has 0 N–H and O–H groups in total. The van der Waals surface area contributed by atoms with E-state index in [0.717, 1.165) is 5.56 Å². The standard InChI is InChI=1S/C14H12N4O3/c1-20-9-4-3-8(5-10(9)21-2)6-11-17-13-12(14(19)18-11)15-7-16-13/h3-5,7H,6H2,1-2H3. The van der Waals surface area contributed by atoms with Crippen LogP contribution in [0.1, 0.15) is 5.56 Å². The van der Waals surface area contributed by atoms with E-state index in [9.17, 15) is 4.79 Å². The zero-order valence-electron chi connectivity index (χ0n) is 11.5. The zero-order valence-corrected chi connectivity index (χ0v) is 11.5. The van der Waals surface area contributed by atoms with Crippen LogP contribution in [-0.4, -0.2) is 43.8 Å². The van der Waals surface area contributed by atoms with Gasteiger partial charge >= 0.3 is 5.91 Å². The maximum Gasteiger partial charge on any atom is 0.301 e. The van der Waals surface area contributed by atoms with Gasteiger partial charge in [-0.25, -0.2) is 15.0 Å². The van der Waals surface area contributed by atoms with Crippen LogP contribution in [0.25, 0.3) is 0 Å². The molecular formula is C14H12N4O3. The number of hydrogen-bond donors (Lipinski definition) is 0. The Morgan fingerprint density at radius 2 is 1.90 bits per heavy atom. The molecule has 2 aliphatic heterocycles. The molecule has 0 atom stereocenters. The van der Waals surface area contributed by atoms with Crippen molar-refractivity contribution in [2.75, 3.05) is 14.2 Å². The summed E-state index contributed by atoms with van der Waals surface area (Å²) in [6.45, 7) is 0. The topological polar surface area (TPSA) is 85.0 Å². The summed E-state index contributed by atoms with van der Waals surface area (Å²) < 4.78 is 10.4. The number of aliphatic imine (C=N–C) groups is 4. The van der Waals surface area contributed by atoms with Gasteiger partial charge in [0.2, 0.25) is 0 Å². The Labute approximate surface area is 120 Å². The lowest BCUT2D eigenvalue weighted by atomic mass is 10.1. The van der Waals surface area contributed by atoms with Crippen LogP contribution in [0.2, 0.25) is 0 Å². The molecule has 1 aromatic rings. The van der Waals surface area contributed by atoms with Gasteiger partial charge in [0, 0.05) is 6.42 Å². The van der Waals surface area contributed by atoms with E-state index in [-0.39, 0.29) is 5.71 Å². The summed E-state index contributed by atoms with van der Waals surface area (Å²) in [5, 5.41) is 0. The molecular weight excluding hydrogens is 272 g/mol. The monoisotopic (exact) mass is 284 g/mol. The van der Waals surface area contributed by atoms with Gasteiger partial charge < -0.3 is 9.47 Å². The van der Waals surface area contributed by atoms with Crippen molar-refractivity contribution >= 4 is 29.6 Å². The second-order valence-electron chi connectivity index (χ2n) is 4.36. The molecule has 0 fully saturated rings. The largest absolute Gasteiger partial charge is 0.493 e. The van der Waals surface area contributed by atoms with Crippen LogP contribution in [-0.2, 0) is 11.2 Å². The third-order valence-electron chi connectivity index (χ3n) is 3.06. The first kappa shape index (κ1) is 13.2. The fourth-order valence-electron chi connectivity index (χ4n) is 2.06. The van der Waals surface area contributed by atoms with Crippen molar-refractivity contribution in [3.8, 4) is 11.5 Å². The number of ether oxygens (including phenoxy) is 2. The molecule has 106 valence electrons. The van der Waals surface area contributed by atoms with Gasteiger partial charge in [0.15, 0.2) is 23.0 Å². The molecule has 3 rings (SSSR count). The van der Waals surface area contributed by atoms with E-state index in [1.54, 1.807) is 20.3 Å². The quantitative estimate of drug-likeness (QED) is 0.828. The van der Waals surface area contributed by atoms with Crippen molar-refractivity contribution in [2.45, 2.75) is 6.42 Å². The van der Waals surface area contributed by atoms with Crippen LogP contribution in [0.15, 0.2) is 38.2 Å². The van der Waals surface area contributed by atoms with E-state index in [1.807, 2.05) is 12.1 Å². The van der Waals surface area contributed by atoms with Crippen LogP contribution in [0.3, 0.4) is 0 Å². The molecule has 0 aliphatic carbocycles. The highest BCUT2D eigenvalue weighted by molar-refractivity contribution is 6.71. The normalized spacial score (nSPS) is 16.1. The highest BCUT2D eigenvalue weighted by Gasteiger charge is 2.25. The number of fused-ring (bicyclic) bond motifs is 1. The summed E-state index contributed by atoms with van der Waals surface area (Å²) >= 11 is 0. The first-order chi connectivity index (χ1) is 10.2. The molecule has 0 bridgehead atoms. The van der Waals surface area contributed by atoms with E-state index in [1.165, 1.54) is 6.34 Å². The maximum atomic E-state index is 11.8. The number of benzene rings is 1. The van der Waals surface area contributed by atoms with Crippen LogP contribution >= 0.6 is 0 Å². The molecule has 1 amide bonds. The fourth-order valence-corrected chi connectivity index (χ4v) is 2.06. The van der Waals surface area contributed by atoms with Crippen molar-refractivity contribution in [1.29, 1.82) is 0 Å². The molecule has 0 saturated heterocycles. The maximum absolute atomic E-state index is 11.8. The Morgan fingerprint density at radius 3 is 2.67 bits per heavy atom. The Balaban J connectivity index is 1.86. The predicted octanol–water partition coefficient (Wildman–Crippen LogP) is 1.07. The summed E-state index contributed by atoms with van der Waals surface area (Å²) in [6.07, 6.45) is 1.71. The average molecular weight is 284 g/mol. The second-order valence-corrected chi connectivity index (χ2v) is 4.36. The van der Waals surface area contributed by atoms with Crippen molar-refractivity contribution in [3.63, 3.8) is 0 Å². The Morgan fingerprint density at radius 1 is 1.10 bits per heavy atom. The van der Waals surface area contributed by atoms with Crippen molar-refractivity contribution in [3.05, 3.63) is 23.8 Å². The third-order valence-corrected chi connectivity index (χ3v) is 3.06. The molecule has 7 heteroatoms. The van der Waals surface area contributed by atoms with Crippen molar-refractivity contribution in [1.82, 2.24) is 0 Å². The second kappa shape index (κ2) is 5.28. The van der Waals surface area contributed by atoms with Gasteiger partial charge in [0.05, 0.1) is 14.2 Å². The smallest absolute Gasteiger partial charge is 0.301 e. The summed E-state index contributed by atoms with van der Waals surface area (Å²) in [6, 6.07) is 5.50. The van der Waals surface area contributed by atoms with Crippen molar-refractivity contribution < 1.29 is 14.3 Å². The van der Waals surface area contributed by atoms with Crippen LogP contribution in [0.5, 0.6) is 11.5 Å². The van der Waals surface area contributed by atoms with E-state index in [4.69, 9.17) is 9.47 Å². The highest BCUT2D eigenvalue weighted by Crippen LogP contribution is 2.28. The fraction of sp³-hybridized carbons (Fsp3) is 0.214. The molecule has 0 unspecified atom stereocenters. The van der Waals surface area contributed by atoms with Gasteiger partial charge in [-0.1, -0.05) is 6.07 Å². The lowest BCUT2D eigenvalue weighted by Crippen LogP contribution is -2.26. The molecule has 1 aromatic carbocycles. The van der Waals surface area contributed by atoms with E-state index in [0.29, 0.717) is 29.6 Å². The molecule has 7 nitrogen and oxygen atoms in total. The summed E-state index contributed by atoms with van der Waals surface area (Å²) in [4.78, 5) is 27.7. The van der Waals surface area contributed by atoms with Gasteiger partial charge in [-0.05, 0) is 17.7 Å². The minimum absolute atomic E-state index is 0.200. The van der Waals surface area contributed by atoms with Gasteiger partial charge in [-0.3, -0.25) is 4.79 Å². The number of amides is 1. The van der Waals surface area contributed by atoms with E-state index < -0.39 is 5.91 Å². The van der Waals surface area contributed by atoms with Crippen LogP contribution < -0.4 is 9.47 Å². The summed E-state index contributed by atoms with van der Waals surface area (Å²) in [7, 11) is 3.14. The lowest BCUT2D eigenvalue weighted by Gasteiger charge is -2.11. The number of nitrogens with zero attached hydrogens (tertiary/aromatic N) is 4. The molecule has 21 heavy (non-hydrogen) atoms. The molecule has 0 radical (unpaired) electrons. The Hall–Kier alpha value is -2.83. The molecule has 0 aromatic heterocycles. The number of hydrogen-bond acceptors (Lipinski definition) is 6. The molecule has 2 aliphatic rings. The van der Waals surface area contributed by atoms with Crippen LogP contribution in [0, 0.1) is 0 Å². The van der Waals surface area contributed by atoms with Gasteiger partial charge in [0.25, 0.3) is 0 Å². The molecule has 0 spiro atoms. The van der Waals surface area contributed by atoms with Crippen molar-refractivity contribution in [2.24, 2.45) is 20.0 Å². The number of methoxy groups -OCH3 is 2. The number of amidine groups is 2. The molecule has 2 heterocycles. The van der Waals surface area contributed by atoms with Crippen LogP contribution in [0.4, 0.5) is 0 Å². The minimum Gasteiger partial charge on any atom is -0.493 e. The number of carbonyl (C=O) groups excluding carboxylic acids is 1. The zero-order chi connectivity index (χ0) is 14.8. The van der Waals surface area contributed by atoms with E-state index >= 15 is 0 Å². The SMILES string of the molecule is COc1ccc(CC2=NC(=O)C3=NC=NC3=N2)cc1OC. The summed E-state index contributed by atoms with van der Waals surface area (Å²) in [5.41, 5.74) is 1.11. The third kappa shape index (κ3) is 2.45. The highest BCUT2D eigenvalue weighted by atomic mass is 16.5. The first-order valence-electron chi connectivity index (χ1n) is 6.23. The average Bonchev–Trinajstić information content (AvgIpc) is 2.96. The number of carbonyl (C=O) groups is 1. The van der Waals surface area contributed by atoms with Gasteiger partial charge in [-0.2, -0.15) is 4.99 Å².